The predicted octanol–water partition coefficient (Wildman–Crippen LogP) is 4.87. The second-order valence-corrected chi connectivity index (χ2v) is 5.37. The summed E-state index contributed by atoms with van der Waals surface area (Å²) in [5.41, 5.74) is 2.75. The molecule has 0 aliphatic carbocycles. The molecule has 2 rings (SSSR count). The summed E-state index contributed by atoms with van der Waals surface area (Å²) in [6, 6.07) is 19.2. The number of rotatable bonds is 5. The van der Waals surface area contributed by atoms with Crippen LogP contribution < -0.4 is 4.74 Å². The summed E-state index contributed by atoms with van der Waals surface area (Å²) in [7, 11) is 1.71. The Hall–Kier alpha value is -1.76. The molecular formula is C18H22O. The van der Waals surface area contributed by atoms with Crippen LogP contribution in [0.1, 0.15) is 37.3 Å². The lowest BCUT2D eigenvalue weighted by molar-refractivity contribution is 0.414. The van der Waals surface area contributed by atoms with Gasteiger partial charge in [-0.2, -0.15) is 0 Å². The van der Waals surface area contributed by atoms with Crippen LogP contribution in [0.15, 0.2) is 54.6 Å². The first kappa shape index (κ1) is 13.7. The molecule has 2 aromatic carbocycles. The Morgan fingerprint density at radius 1 is 0.842 bits per heavy atom. The van der Waals surface area contributed by atoms with Crippen molar-refractivity contribution in [2.45, 2.75) is 26.2 Å². The highest BCUT2D eigenvalue weighted by atomic mass is 16.5. The summed E-state index contributed by atoms with van der Waals surface area (Å²) in [4.78, 5) is 0. The summed E-state index contributed by atoms with van der Waals surface area (Å²) < 4.78 is 5.24. The Balaban J connectivity index is 2.31. The van der Waals surface area contributed by atoms with E-state index in [2.05, 4.69) is 56.3 Å². The summed E-state index contributed by atoms with van der Waals surface area (Å²) in [5.74, 6) is 2.06. The maximum atomic E-state index is 5.24. The molecule has 1 atom stereocenters. The third kappa shape index (κ3) is 3.60. The van der Waals surface area contributed by atoms with Crippen LogP contribution in [0.3, 0.4) is 0 Å². The fourth-order valence-electron chi connectivity index (χ4n) is 2.46. The first-order valence-corrected chi connectivity index (χ1v) is 6.89. The van der Waals surface area contributed by atoms with E-state index in [0.717, 1.165) is 12.2 Å². The van der Waals surface area contributed by atoms with Crippen molar-refractivity contribution in [1.82, 2.24) is 0 Å². The van der Waals surface area contributed by atoms with Gasteiger partial charge in [0.15, 0.2) is 0 Å². The lowest BCUT2D eigenvalue weighted by Crippen LogP contribution is -2.05. The second kappa shape index (κ2) is 6.42. The fraction of sp³-hybridized carbons (Fsp3) is 0.333. The van der Waals surface area contributed by atoms with Crippen molar-refractivity contribution in [2.75, 3.05) is 7.11 Å². The van der Waals surface area contributed by atoms with Crippen molar-refractivity contribution < 1.29 is 4.74 Å². The van der Waals surface area contributed by atoms with Crippen LogP contribution >= 0.6 is 0 Å². The van der Waals surface area contributed by atoms with E-state index in [-0.39, 0.29) is 0 Å². The van der Waals surface area contributed by atoms with Crippen LogP contribution in [-0.4, -0.2) is 7.11 Å². The lowest BCUT2D eigenvalue weighted by atomic mass is 9.85. The van der Waals surface area contributed by atoms with E-state index >= 15 is 0 Å². The van der Waals surface area contributed by atoms with Crippen LogP contribution in [0.25, 0.3) is 0 Å². The minimum Gasteiger partial charge on any atom is -0.497 e. The van der Waals surface area contributed by atoms with Crippen LogP contribution in [0.5, 0.6) is 5.75 Å². The van der Waals surface area contributed by atoms with Crippen LogP contribution in [0.4, 0.5) is 0 Å². The van der Waals surface area contributed by atoms with Crippen molar-refractivity contribution in [3.63, 3.8) is 0 Å². The molecule has 0 amide bonds. The Morgan fingerprint density at radius 2 is 1.42 bits per heavy atom. The average Bonchev–Trinajstić information content (AvgIpc) is 2.46. The van der Waals surface area contributed by atoms with Crippen molar-refractivity contribution in [1.29, 1.82) is 0 Å². The molecule has 0 unspecified atom stereocenters. The average molecular weight is 254 g/mol. The zero-order valence-electron chi connectivity index (χ0n) is 12.0. The second-order valence-electron chi connectivity index (χ2n) is 5.37. The summed E-state index contributed by atoms with van der Waals surface area (Å²) in [6.07, 6.45) is 1.16. The standard InChI is InChI=1S/C18H22O/c1-14(2)13-18(15-7-5-4-6-8-15)16-9-11-17(19-3)12-10-16/h4-12,14,18H,13H2,1-3H3/t18-/m0/s1. The van der Waals surface area contributed by atoms with E-state index < -0.39 is 0 Å². The maximum Gasteiger partial charge on any atom is 0.118 e. The highest BCUT2D eigenvalue weighted by Crippen LogP contribution is 2.31. The van der Waals surface area contributed by atoms with Gasteiger partial charge in [0, 0.05) is 5.92 Å². The maximum absolute atomic E-state index is 5.24. The largest absolute Gasteiger partial charge is 0.497 e. The topological polar surface area (TPSA) is 9.23 Å². The normalized spacial score (nSPS) is 12.4. The first-order valence-electron chi connectivity index (χ1n) is 6.89. The zero-order chi connectivity index (χ0) is 13.7. The summed E-state index contributed by atoms with van der Waals surface area (Å²) in [6.45, 7) is 4.55. The van der Waals surface area contributed by atoms with E-state index in [1.807, 2.05) is 12.1 Å². The smallest absolute Gasteiger partial charge is 0.118 e. The third-order valence-electron chi connectivity index (χ3n) is 3.43. The van der Waals surface area contributed by atoms with Gasteiger partial charge >= 0.3 is 0 Å². The van der Waals surface area contributed by atoms with Crippen molar-refractivity contribution >= 4 is 0 Å². The number of ether oxygens (including phenoxy) is 1. The van der Waals surface area contributed by atoms with Gasteiger partial charge in [-0.1, -0.05) is 56.3 Å². The molecule has 0 fully saturated rings. The van der Waals surface area contributed by atoms with Crippen LogP contribution in [0.2, 0.25) is 0 Å². The quantitative estimate of drug-likeness (QED) is 0.739. The molecule has 2 aromatic rings. The third-order valence-corrected chi connectivity index (χ3v) is 3.43. The van der Waals surface area contributed by atoms with Crippen molar-refractivity contribution in [2.24, 2.45) is 5.92 Å². The van der Waals surface area contributed by atoms with Gasteiger partial charge in [0.25, 0.3) is 0 Å². The first-order chi connectivity index (χ1) is 9.20. The van der Waals surface area contributed by atoms with Gasteiger partial charge in [-0.05, 0) is 35.6 Å². The Bertz CT molecular complexity index is 485. The Kier molecular flexibility index (Phi) is 4.62. The van der Waals surface area contributed by atoms with Crippen LogP contribution in [0, 0.1) is 5.92 Å². The zero-order valence-corrected chi connectivity index (χ0v) is 12.0. The van der Waals surface area contributed by atoms with Gasteiger partial charge in [0.2, 0.25) is 0 Å². The summed E-state index contributed by atoms with van der Waals surface area (Å²) in [5, 5.41) is 0. The van der Waals surface area contributed by atoms with Crippen molar-refractivity contribution in [3.05, 3.63) is 65.7 Å². The van der Waals surface area contributed by atoms with E-state index in [4.69, 9.17) is 4.74 Å². The van der Waals surface area contributed by atoms with E-state index in [1.54, 1.807) is 7.11 Å². The molecule has 0 heterocycles. The molecule has 0 aromatic heterocycles. The van der Waals surface area contributed by atoms with Gasteiger partial charge < -0.3 is 4.74 Å². The minimum absolute atomic E-state index is 0.465. The highest BCUT2D eigenvalue weighted by molar-refractivity contribution is 5.36. The van der Waals surface area contributed by atoms with Gasteiger partial charge in [-0.15, -0.1) is 0 Å². The highest BCUT2D eigenvalue weighted by Gasteiger charge is 2.15. The van der Waals surface area contributed by atoms with Gasteiger partial charge in [-0.25, -0.2) is 0 Å². The molecule has 0 spiro atoms. The number of benzene rings is 2. The molecule has 0 radical (unpaired) electrons. The number of hydrogen-bond donors (Lipinski definition) is 0. The molecule has 1 heteroatoms. The molecule has 0 bridgehead atoms. The molecule has 0 aliphatic rings. The molecule has 1 nitrogen and oxygen atoms in total. The lowest BCUT2D eigenvalue weighted by Gasteiger charge is -2.20. The molecular weight excluding hydrogens is 232 g/mol. The molecule has 0 saturated heterocycles. The van der Waals surface area contributed by atoms with Gasteiger partial charge in [-0.3, -0.25) is 0 Å². The van der Waals surface area contributed by atoms with Gasteiger partial charge in [0.05, 0.1) is 7.11 Å². The summed E-state index contributed by atoms with van der Waals surface area (Å²) >= 11 is 0. The predicted molar refractivity (Wildman–Crippen MR) is 80.7 cm³/mol. The molecule has 0 aliphatic heterocycles. The Labute approximate surface area is 116 Å². The van der Waals surface area contributed by atoms with Crippen molar-refractivity contribution in [3.8, 4) is 5.75 Å². The van der Waals surface area contributed by atoms with E-state index in [9.17, 15) is 0 Å². The van der Waals surface area contributed by atoms with Crippen LogP contribution in [-0.2, 0) is 0 Å². The fourth-order valence-corrected chi connectivity index (χ4v) is 2.46. The SMILES string of the molecule is COc1ccc([C@@H](CC(C)C)c2ccccc2)cc1. The van der Waals surface area contributed by atoms with Gasteiger partial charge in [0.1, 0.15) is 5.75 Å². The Morgan fingerprint density at radius 3 is 1.95 bits per heavy atom. The monoisotopic (exact) mass is 254 g/mol. The molecule has 0 N–H and O–H groups in total. The molecule has 0 saturated carbocycles. The minimum atomic E-state index is 0.465. The van der Waals surface area contributed by atoms with E-state index in [1.165, 1.54) is 11.1 Å². The molecule has 100 valence electrons. The number of methoxy groups -OCH3 is 1. The number of hydrogen-bond acceptors (Lipinski definition) is 1. The molecule has 19 heavy (non-hydrogen) atoms. The van der Waals surface area contributed by atoms with E-state index in [0.29, 0.717) is 11.8 Å².